The lowest BCUT2D eigenvalue weighted by Crippen LogP contribution is -2.11. The van der Waals surface area contributed by atoms with E-state index in [9.17, 15) is 0 Å². The highest BCUT2D eigenvalue weighted by Gasteiger charge is 2.00. The molecule has 2 nitrogen and oxygen atoms in total. The Hall–Kier alpha value is -0.760. The van der Waals surface area contributed by atoms with Crippen molar-refractivity contribution in [3.05, 3.63) is 24.4 Å². The van der Waals surface area contributed by atoms with Gasteiger partial charge in [0.1, 0.15) is 0 Å². The van der Waals surface area contributed by atoms with Gasteiger partial charge in [-0.1, -0.05) is 32.6 Å². The van der Waals surface area contributed by atoms with Crippen LogP contribution >= 0.6 is 0 Å². The van der Waals surface area contributed by atoms with Gasteiger partial charge in [0.2, 0.25) is 0 Å². The number of rotatable bonds is 9. The summed E-state index contributed by atoms with van der Waals surface area (Å²) in [6, 6.07) is 0. The summed E-state index contributed by atoms with van der Waals surface area (Å²) in [5.41, 5.74) is 6.34. The highest BCUT2D eigenvalue weighted by atomic mass is 14.8. The fourth-order valence-corrected chi connectivity index (χ4v) is 1.39. The predicted molar refractivity (Wildman–Crippen MR) is 68.6 cm³/mol. The van der Waals surface area contributed by atoms with E-state index in [1.165, 1.54) is 12.8 Å². The van der Waals surface area contributed by atoms with Crippen LogP contribution in [0.2, 0.25) is 0 Å². The van der Waals surface area contributed by atoms with Crippen LogP contribution in [-0.2, 0) is 0 Å². The van der Waals surface area contributed by atoms with Gasteiger partial charge < -0.3 is 11.1 Å². The molecule has 0 rings (SSSR count). The first-order valence-corrected chi connectivity index (χ1v) is 5.95. The lowest BCUT2D eigenvalue weighted by Gasteiger charge is -2.08. The first-order valence-electron chi connectivity index (χ1n) is 5.95. The molecule has 0 aliphatic carbocycles. The Bertz CT molecular complexity index is 185. The third-order valence-corrected chi connectivity index (χ3v) is 2.46. The van der Waals surface area contributed by atoms with Crippen LogP contribution in [-0.4, -0.2) is 13.1 Å². The molecule has 2 heteroatoms. The third kappa shape index (κ3) is 11.2. The molecule has 0 saturated heterocycles. The first-order chi connectivity index (χ1) is 7.16. The summed E-state index contributed by atoms with van der Waals surface area (Å²) in [4.78, 5) is 0. The van der Waals surface area contributed by atoms with Crippen LogP contribution in [0.4, 0.5) is 0 Å². The predicted octanol–water partition coefficient (Wildman–Crippen LogP) is 2.82. The molecule has 0 bridgehead atoms. The zero-order chi connectivity index (χ0) is 11.5. The third-order valence-electron chi connectivity index (χ3n) is 2.46. The molecule has 0 saturated carbocycles. The van der Waals surface area contributed by atoms with Gasteiger partial charge in [-0.3, -0.25) is 0 Å². The van der Waals surface area contributed by atoms with Crippen LogP contribution in [0.25, 0.3) is 0 Å². The maximum atomic E-state index is 5.53. The lowest BCUT2D eigenvalue weighted by molar-refractivity contribution is 0.495. The van der Waals surface area contributed by atoms with Crippen LogP contribution in [0.1, 0.15) is 39.5 Å². The fraction of sp³-hybridized carbons (Fsp3) is 0.692. The Morgan fingerprint density at radius 1 is 1.40 bits per heavy atom. The van der Waals surface area contributed by atoms with E-state index in [1.807, 2.05) is 0 Å². The Morgan fingerprint density at radius 2 is 2.13 bits per heavy atom. The van der Waals surface area contributed by atoms with E-state index in [-0.39, 0.29) is 0 Å². The van der Waals surface area contributed by atoms with Crippen molar-refractivity contribution in [3.63, 3.8) is 0 Å². The van der Waals surface area contributed by atoms with Crippen molar-refractivity contribution < 1.29 is 0 Å². The zero-order valence-electron chi connectivity index (χ0n) is 10.3. The van der Waals surface area contributed by atoms with Crippen LogP contribution in [0.3, 0.4) is 0 Å². The molecule has 0 aliphatic heterocycles. The van der Waals surface area contributed by atoms with E-state index in [1.54, 1.807) is 0 Å². The lowest BCUT2D eigenvalue weighted by atomic mass is 9.99. The van der Waals surface area contributed by atoms with E-state index in [4.69, 9.17) is 5.73 Å². The number of likely N-dealkylation sites (N-methyl/N-ethyl adjacent to an activating group) is 1. The van der Waals surface area contributed by atoms with Crippen LogP contribution in [0.5, 0.6) is 0 Å². The SMILES string of the molecule is C=C(N)CCC(C)CC/C=C\CNCC. The Labute approximate surface area is 94.6 Å². The van der Waals surface area contributed by atoms with E-state index in [0.29, 0.717) is 0 Å². The maximum Gasteiger partial charge on any atom is 0.0134 e. The number of allylic oxidation sites excluding steroid dienone is 2. The standard InChI is InChI=1S/C13H26N2/c1-4-15-11-7-5-6-8-12(2)9-10-13(3)14/h5,7,12,15H,3-4,6,8-11,14H2,1-2H3/b7-5-. The van der Waals surface area contributed by atoms with Crippen molar-refractivity contribution in [3.8, 4) is 0 Å². The molecule has 15 heavy (non-hydrogen) atoms. The van der Waals surface area contributed by atoms with Crippen LogP contribution in [0.15, 0.2) is 24.4 Å². The van der Waals surface area contributed by atoms with Crippen LogP contribution < -0.4 is 11.1 Å². The maximum absolute atomic E-state index is 5.53. The topological polar surface area (TPSA) is 38.0 Å². The van der Waals surface area contributed by atoms with Gasteiger partial charge >= 0.3 is 0 Å². The summed E-state index contributed by atoms with van der Waals surface area (Å²) in [5.74, 6) is 0.745. The summed E-state index contributed by atoms with van der Waals surface area (Å²) >= 11 is 0. The molecule has 0 spiro atoms. The number of nitrogens with one attached hydrogen (secondary N) is 1. The Balaban J connectivity index is 3.33. The second-order valence-electron chi connectivity index (χ2n) is 4.16. The van der Waals surface area contributed by atoms with Crippen molar-refractivity contribution in [2.75, 3.05) is 13.1 Å². The quantitative estimate of drug-likeness (QED) is 0.453. The highest BCUT2D eigenvalue weighted by Crippen LogP contribution is 2.14. The average molecular weight is 210 g/mol. The van der Waals surface area contributed by atoms with E-state index >= 15 is 0 Å². The molecular formula is C13H26N2. The van der Waals surface area contributed by atoms with Crippen molar-refractivity contribution in [2.45, 2.75) is 39.5 Å². The second-order valence-corrected chi connectivity index (χ2v) is 4.16. The molecule has 0 radical (unpaired) electrons. The van der Waals surface area contributed by atoms with Crippen molar-refractivity contribution >= 4 is 0 Å². The minimum absolute atomic E-state index is 0.745. The van der Waals surface area contributed by atoms with Gasteiger partial charge in [0.15, 0.2) is 0 Å². The molecule has 0 aromatic heterocycles. The van der Waals surface area contributed by atoms with Gasteiger partial charge in [-0.2, -0.15) is 0 Å². The minimum atomic E-state index is 0.745. The highest BCUT2D eigenvalue weighted by molar-refractivity contribution is 4.87. The van der Waals surface area contributed by atoms with Gasteiger partial charge in [0.05, 0.1) is 0 Å². The summed E-state index contributed by atoms with van der Waals surface area (Å²) in [6.07, 6.45) is 9.01. The molecule has 0 amide bonds. The molecule has 88 valence electrons. The monoisotopic (exact) mass is 210 g/mol. The molecule has 1 atom stereocenters. The molecule has 0 fully saturated rings. The van der Waals surface area contributed by atoms with Gasteiger partial charge in [0, 0.05) is 12.2 Å². The van der Waals surface area contributed by atoms with E-state index in [2.05, 4.69) is 37.9 Å². The molecule has 0 heterocycles. The normalized spacial score (nSPS) is 13.2. The first kappa shape index (κ1) is 14.2. The molecular weight excluding hydrogens is 184 g/mol. The smallest absolute Gasteiger partial charge is 0.0134 e. The second kappa shape index (κ2) is 9.78. The number of nitrogens with two attached hydrogens (primary N) is 1. The summed E-state index contributed by atoms with van der Waals surface area (Å²) in [6.45, 7) is 10.1. The zero-order valence-corrected chi connectivity index (χ0v) is 10.3. The average Bonchev–Trinajstić information content (AvgIpc) is 2.20. The van der Waals surface area contributed by atoms with E-state index < -0.39 is 0 Å². The Kier molecular flexibility index (Phi) is 9.29. The Morgan fingerprint density at radius 3 is 2.73 bits per heavy atom. The molecule has 0 aliphatic rings. The molecule has 0 aromatic carbocycles. The summed E-state index contributed by atoms with van der Waals surface area (Å²) in [5, 5.41) is 3.26. The van der Waals surface area contributed by atoms with Gasteiger partial charge in [-0.15, -0.1) is 0 Å². The van der Waals surface area contributed by atoms with Crippen molar-refractivity contribution in [1.29, 1.82) is 0 Å². The van der Waals surface area contributed by atoms with E-state index in [0.717, 1.165) is 37.5 Å². The molecule has 1 unspecified atom stereocenters. The molecule has 3 N–H and O–H groups in total. The minimum Gasteiger partial charge on any atom is -0.403 e. The number of hydrogen-bond acceptors (Lipinski definition) is 2. The van der Waals surface area contributed by atoms with Gasteiger partial charge in [-0.05, 0) is 38.1 Å². The molecule has 0 aromatic rings. The summed E-state index contributed by atoms with van der Waals surface area (Å²) < 4.78 is 0. The van der Waals surface area contributed by atoms with Crippen molar-refractivity contribution in [2.24, 2.45) is 11.7 Å². The fourth-order valence-electron chi connectivity index (χ4n) is 1.39. The van der Waals surface area contributed by atoms with Gasteiger partial charge in [-0.25, -0.2) is 0 Å². The van der Waals surface area contributed by atoms with Gasteiger partial charge in [0.25, 0.3) is 0 Å². The van der Waals surface area contributed by atoms with Crippen LogP contribution in [0, 0.1) is 5.92 Å². The largest absolute Gasteiger partial charge is 0.403 e. The number of hydrogen-bond donors (Lipinski definition) is 2. The van der Waals surface area contributed by atoms with Crippen molar-refractivity contribution in [1.82, 2.24) is 5.32 Å². The summed E-state index contributed by atoms with van der Waals surface area (Å²) in [7, 11) is 0.